The zero-order chi connectivity index (χ0) is 26.3. The van der Waals surface area contributed by atoms with Crippen LogP contribution >= 0.6 is 11.3 Å². The molecule has 0 radical (unpaired) electrons. The van der Waals surface area contributed by atoms with E-state index in [1.165, 1.54) is 22.3 Å². The van der Waals surface area contributed by atoms with Crippen LogP contribution in [0, 0.1) is 13.8 Å². The maximum atomic E-state index is 13.6. The highest BCUT2D eigenvalue weighted by molar-refractivity contribution is 7.22. The molecule has 0 saturated carbocycles. The highest BCUT2D eigenvalue weighted by atomic mass is 32.1. The number of nitrogens with zero attached hydrogens (tertiary/aromatic N) is 2. The molecule has 1 unspecified atom stereocenters. The Kier molecular flexibility index (Phi) is 6.47. The molecule has 0 bridgehead atoms. The Morgan fingerprint density at radius 2 is 1.81 bits per heavy atom. The lowest BCUT2D eigenvalue weighted by molar-refractivity contribution is -0.117. The Labute approximate surface area is 217 Å². The van der Waals surface area contributed by atoms with Crippen LogP contribution in [0.3, 0.4) is 0 Å². The maximum absolute atomic E-state index is 13.6. The first kappa shape index (κ1) is 24.6. The van der Waals surface area contributed by atoms with Gasteiger partial charge in [-0.15, -0.1) is 0 Å². The number of amides is 1. The van der Waals surface area contributed by atoms with Crippen molar-refractivity contribution in [2.24, 2.45) is 0 Å². The largest absolute Gasteiger partial charge is 0.503 e. The number of thiazole rings is 1. The van der Waals surface area contributed by atoms with E-state index in [1.807, 2.05) is 39.0 Å². The van der Waals surface area contributed by atoms with E-state index in [2.05, 4.69) is 4.98 Å². The van der Waals surface area contributed by atoms with Gasteiger partial charge in [0.2, 0.25) is 5.78 Å². The second-order valence-corrected chi connectivity index (χ2v) is 9.63. The van der Waals surface area contributed by atoms with Gasteiger partial charge < -0.3 is 19.0 Å². The molecule has 1 aliphatic heterocycles. The number of rotatable bonds is 8. The van der Waals surface area contributed by atoms with E-state index in [9.17, 15) is 14.7 Å². The van der Waals surface area contributed by atoms with Crippen molar-refractivity contribution >= 4 is 38.4 Å². The van der Waals surface area contributed by atoms with E-state index in [0.29, 0.717) is 41.2 Å². The van der Waals surface area contributed by atoms with Gasteiger partial charge in [0.15, 0.2) is 28.1 Å². The number of benzene rings is 2. The van der Waals surface area contributed by atoms with E-state index in [4.69, 9.17) is 13.9 Å². The Morgan fingerprint density at radius 1 is 1.05 bits per heavy atom. The molecular formula is C28H26N2O6S. The van der Waals surface area contributed by atoms with Crippen molar-refractivity contribution in [3.05, 3.63) is 82.5 Å². The molecule has 0 saturated heterocycles. The summed E-state index contributed by atoms with van der Waals surface area (Å²) in [7, 11) is 0. The number of ether oxygens (including phenoxy) is 2. The van der Waals surface area contributed by atoms with E-state index < -0.39 is 23.5 Å². The minimum Gasteiger partial charge on any atom is -0.503 e. The molecule has 3 heterocycles. The fraction of sp³-hybridized carbons (Fsp3) is 0.250. The van der Waals surface area contributed by atoms with E-state index >= 15 is 0 Å². The Hall–Kier alpha value is -4.11. The molecule has 8 nitrogen and oxygen atoms in total. The number of aliphatic hydroxyl groups excluding tert-OH is 1. The van der Waals surface area contributed by atoms with Gasteiger partial charge in [-0.05, 0) is 75.2 Å². The normalized spacial score (nSPS) is 15.6. The fourth-order valence-corrected chi connectivity index (χ4v) is 5.49. The number of ketones is 1. The average molecular weight is 519 g/mol. The van der Waals surface area contributed by atoms with Crippen LogP contribution in [0.4, 0.5) is 5.13 Å². The Balaban J connectivity index is 1.69. The van der Waals surface area contributed by atoms with Crippen molar-refractivity contribution in [2.75, 3.05) is 18.1 Å². The van der Waals surface area contributed by atoms with Crippen molar-refractivity contribution in [1.29, 1.82) is 0 Å². The molecule has 190 valence electrons. The highest BCUT2D eigenvalue weighted by Gasteiger charge is 2.46. The molecule has 1 amide bonds. The van der Waals surface area contributed by atoms with Crippen LogP contribution < -0.4 is 14.4 Å². The van der Waals surface area contributed by atoms with Crippen molar-refractivity contribution in [1.82, 2.24) is 4.98 Å². The minimum atomic E-state index is -0.957. The molecule has 9 heteroatoms. The molecule has 5 rings (SSSR count). The quantitative estimate of drug-likeness (QED) is 0.282. The summed E-state index contributed by atoms with van der Waals surface area (Å²) in [6.45, 7) is 8.27. The van der Waals surface area contributed by atoms with E-state index in [0.717, 1.165) is 15.8 Å². The molecule has 2 aromatic heterocycles. The number of carbonyl (C=O) groups is 2. The molecule has 37 heavy (non-hydrogen) atoms. The Bertz CT molecular complexity index is 1550. The topological polar surface area (TPSA) is 102 Å². The molecule has 1 atom stereocenters. The van der Waals surface area contributed by atoms with E-state index in [1.54, 1.807) is 31.2 Å². The van der Waals surface area contributed by atoms with Crippen LogP contribution in [0.5, 0.6) is 11.5 Å². The van der Waals surface area contributed by atoms with Crippen LogP contribution in [-0.4, -0.2) is 35.0 Å². The first-order chi connectivity index (χ1) is 17.8. The van der Waals surface area contributed by atoms with Gasteiger partial charge in [-0.1, -0.05) is 23.5 Å². The predicted molar refractivity (Wildman–Crippen MR) is 141 cm³/mol. The number of aliphatic hydroxyl groups is 1. The van der Waals surface area contributed by atoms with Gasteiger partial charge >= 0.3 is 0 Å². The third kappa shape index (κ3) is 4.35. The number of Topliss-reactive ketones (excluding diaryl/α,β-unsaturated/α-hetero) is 1. The molecule has 2 aromatic carbocycles. The summed E-state index contributed by atoms with van der Waals surface area (Å²) in [6, 6.07) is 13.3. The van der Waals surface area contributed by atoms with Crippen LogP contribution in [0.15, 0.2) is 64.3 Å². The van der Waals surface area contributed by atoms with Crippen LogP contribution in [0.1, 0.15) is 47.3 Å². The number of carbonyl (C=O) groups excluding carboxylic acids is 2. The van der Waals surface area contributed by atoms with Gasteiger partial charge in [-0.3, -0.25) is 14.5 Å². The van der Waals surface area contributed by atoms with Gasteiger partial charge in [0.25, 0.3) is 5.91 Å². The van der Waals surface area contributed by atoms with Crippen molar-refractivity contribution in [3.63, 3.8) is 0 Å². The molecular weight excluding hydrogens is 492 g/mol. The van der Waals surface area contributed by atoms with Gasteiger partial charge in [0, 0.05) is 0 Å². The van der Waals surface area contributed by atoms with Crippen molar-refractivity contribution in [3.8, 4) is 11.5 Å². The summed E-state index contributed by atoms with van der Waals surface area (Å²) in [5.74, 6) is -0.318. The minimum absolute atomic E-state index is 0.0367. The third-order valence-electron chi connectivity index (χ3n) is 6.04. The van der Waals surface area contributed by atoms with Crippen LogP contribution in [0.2, 0.25) is 0 Å². The number of furan rings is 1. The van der Waals surface area contributed by atoms with Crippen molar-refractivity contribution in [2.45, 2.75) is 33.7 Å². The second-order valence-electron chi connectivity index (χ2n) is 8.62. The summed E-state index contributed by atoms with van der Waals surface area (Å²) in [4.78, 5) is 33.2. The van der Waals surface area contributed by atoms with Crippen molar-refractivity contribution < 1.29 is 28.6 Å². The zero-order valence-corrected chi connectivity index (χ0v) is 21.7. The summed E-state index contributed by atoms with van der Waals surface area (Å²) >= 11 is 1.32. The smallest absolute Gasteiger partial charge is 0.296 e. The van der Waals surface area contributed by atoms with E-state index in [-0.39, 0.29) is 11.3 Å². The molecule has 1 aliphatic rings. The fourth-order valence-electron chi connectivity index (χ4n) is 4.40. The van der Waals surface area contributed by atoms with Gasteiger partial charge in [-0.25, -0.2) is 4.98 Å². The first-order valence-electron chi connectivity index (χ1n) is 12.0. The monoisotopic (exact) mass is 518 g/mol. The number of aryl methyl sites for hydroxylation is 2. The summed E-state index contributed by atoms with van der Waals surface area (Å²) in [6.07, 6.45) is 0. The highest BCUT2D eigenvalue weighted by Crippen LogP contribution is 2.46. The number of hydrogen-bond acceptors (Lipinski definition) is 8. The first-order valence-corrected chi connectivity index (χ1v) is 12.8. The zero-order valence-electron chi connectivity index (χ0n) is 20.9. The van der Waals surface area contributed by atoms with Crippen LogP contribution in [-0.2, 0) is 4.79 Å². The van der Waals surface area contributed by atoms with Crippen LogP contribution in [0.25, 0.3) is 10.2 Å². The van der Waals surface area contributed by atoms with Gasteiger partial charge in [0.05, 0.1) is 35.0 Å². The molecule has 0 fully saturated rings. The number of fused-ring (bicyclic) bond motifs is 1. The lowest BCUT2D eigenvalue weighted by atomic mass is 9.95. The standard InChI is InChI=1S/C28H26N2O6S/c1-5-34-19-12-9-17(14-21(19)35-6-2)24-23(25(31)20-11-8-16(4)36-20)26(32)27(33)30(24)28-29-18-10-7-15(3)13-22(18)37-28/h7-14,24,32H,5-6H2,1-4H3. The molecule has 0 aliphatic carbocycles. The molecule has 0 spiro atoms. The SMILES string of the molecule is CCOc1ccc(C2C(C(=O)c3ccc(C)o3)=C(O)C(=O)N2c2nc3ccc(C)cc3s2)cc1OCC. The summed E-state index contributed by atoms with van der Waals surface area (Å²) < 4.78 is 18.0. The molecule has 1 N–H and O–H groups in total. The molecule has 4 aromatic rings. The van der Waals surface area contributed by atoms with Gasteiger partial charge in [0.1, 0.15) is 5.76 Å². The third-order valence-corrected chi connectivity index (χ3v) is 7.06. The number of anilines is 1. The van der Waals surface area contributed by atoms with Gasteiger partial charge in [-0.2, -0.15) is 0 Å². The lowest BCUT2D eigenvalue weighted by Crippen LogP contribution is -2.31. The number of hydrogen-bond donors (Lipinski definition) is 1. The second kappa shape index (κ2) is 9.74. The Morgan fingerprint density at radius 3 is 2.51 bits per heavy atom. The summed E-state index contributed by atoms with van der Waals surface area (Å²) in [5, 5.41) is 11.4. The predicted octanol–water partition coefficient (Wildman–Crippen LogP) is 6.09. The summed E-state index contributed by atoms with van der Waals surface area (Å²) in [5.41, 5.74) is 2.26. The lowest BCUT2D eigenvalue weighted by Gasteiger charge is -2.25. The average Bonchev–Trinajstić information content (AvgIpc) is 3.56. The number of aromatic nitrogens is 1. The maximum Gasteiger partial charge on any atom is 0.296 e.